The number of carbonyl (C=O) groups excluding carboxylic acids is 1. The first-order valence-corrected chi connectivity index (χ1v) is 6.34. The predicted octanol–water partition coefficient (Wildman–Crippen LogP) is 1.73. The summed E-state index contributed by atoms with van der Waals surface area (Å²) in [5.41, 5.74) is 0.269. The number of nitrogens with one attached hydrogen (secondary N) is 1. The lowest BCUT2D eigenvalue weighted by molar-refractivity contribution is -0.144. The largest absolute Gasteiger partial charge is 0.468 e. The van der Waals surface area contributed by atoms with Gasteiger partial charge >= 0.3 is 5.97 Å². The van der Waals surface area contributed by atoms with Gasteiger partial charge in [0.2, 0.25) is 0 Å². The van der Waals surface area contributed by atoms with Crippen molar-refractivity contribution in [2.45, 2.75) is 52.1 Å². The monoisotopic (exact) mass is 243 g/mol. The zero-order valence-corrected chi connectivity index (χ0v) is 11.4. The molecule has 1 unspecified atom stereocenters. The van der Waals surface area contributed by atoms with Crippen molar-refractivity contribution in [3.63, 3.8) is 0 Å². The zero-order valence-electron chi connectivity index (χ0n) is 11.4. The minimum absolute atomic E-state index is 0.229. The van der Waals surface area contributed by atoms with Gasteiger partial charge in [0.15, 0.2) is 0 Å². The first kappa shape index (κ1) is 14.5. The van der Waals surface area contributed by atoms with Gasteiger partial charge in [0.25, 0.3) is 0 Å². The lowest BCUT2D eigenvalue weighted by atomic mass is 9.93. The van der Waals surface area contributed by atoms with E-state index in [0.717, 1.165) is 19.3 Å². The molecule has 4 heteroatoms. The Morgan fingerprint density at radius 1 is 1.41 bits per heavy atom. The second kappa shape index (κ2) is 6.36. The molecule has 1 atom stereocenters. The van der Waals surface area contributed by atoms with Crippen molar-refractivity contribution in [2.24, 2.45) is 5.41 Å². The summed E-state index contributed by atoms with van der Waals surface area (Å²) in [5.74, 6) is -0.229. The van der Waals surface area contributed by atoms with Crippen LogP contribution in [-0.2, 0) is 14.3 Å². The van der Waals surface area contributed by atoms with Crippen molar-refractivity contribution in [2.75, 3.05) is 20.3 Å². The molecule has 0 aromatic heterocycles. The van der Waals surface area contributed by atoms with Crippen molar-refractivity contribution in [1.82, 2.24) is 5.32 Å². The highest BCUT2D eigenvalue weighted by Gasteiger charge is 2.29. The Labute approximate surface area is 104 Å². The number of hydrogen-bond acceptors (Lipinski definition) is 4. The molecule has 0 saturated heterocycles. The normalized spacial score (nSPS) is 17.9. The average molecular weight is 243 g/mol. The first-order chi connectivity index (χ1) is 7.92. The van der Waals surface area contributed by atoms with Gasteiger partial charge in [-0.3, -0.25) is 10.1 Å². The smallest absolute Gasteiger partial charge is 0.325 e. The Morgan fingerprint density at radius 2 is 2.06 bits per heavy atom. The Bertz CT molecular complexity index is 244. The summed E-state index contributed by atoms with van der Waals surface area (Å²) in [6.07, 6.45) is 3.29. The summed E-state index contributed by atoms with van der Waals surface area (Å²) < 4.78 is 10.3. The number of hydrogen-bond donors (Lipinski definition) is 1. The fourth-order valence-corrected chi connectivity index (χ4v) is 1.44. The minimum Gasteiger partial charge on any atom is -0.468 e. The van der Waals surface area contributed by atoms with Crippen molar-refractivity contribution in [1.29, 1.82) is 0 Å². The predicted molar refractivity (Wildman–Crippen MR) is 66.9 cm³/mol. The van der Waals surface area contributed by atoms with E-state index in [4.69, 9.17) is 9.47 Å². The van der Waals surface area contributed by atoms with E-state index in [1.807, 2.05) is 0 Å². The van der Waals surface area contributed by atoms with Gasteiger partial charge in [-0.2, -0.15) is 0 Å². The fourth-order valence-electron chi connectivity index (χ4n) is 1.44. The molecule has 1 aliphatic rings. The Morgan fingerprint density at radius 3 is 2.53 bits per heavy atom. The maximum Gasteiger partial charge on any atom is 0.325 e. The van der Waals surface area contributed by atoms with Crippen LogP contribution in [-0.4, -0.2) is 38.4 Å². The van der Waals surface area contributed by atoms with Crippen LogP contribution in [0.25, 0.3) is 0 Å². The molecule has 100 valence electrons. The highest BCUT2D eigenvalue weighted by molar-refractivity contribution is 5.75. The van der Waals surface area contributed by atoms with Gasteiger partial charge in [-0.15, -0.1) is 0 Å². The van der Waals surface area contributed by atoms with Gasteiger partial charge in [-0.1, -0.05) is 20.8 Å². The lowest BCUT2D eigenvalue weighted by Gasteiger charge is -2.20. The van der Waals surface area contributed by atoms with Crippen LogP contribution in [0.5, 0.6) is 0 Å². The molecule has 1 fully saturated rings. The zero-order chi connectivity index (χ0) is 12.9. The Balaban J connectivity index is 2.21. The third-order valence-electron chi connectivity index (χ3n) is 2.78. The van der Waals surface area contributed by atoms with Crippen LogP contribution in [0.4, 0.5) is 0 Å². The molecule has 1 rings (SSSR count). The molecule has 0 heterocycles. The van der Waals surface area contributed by atoms with E-state index in [1.165, 1.54) is 7.11 Å². The van der Waals surface area contributed by atoms with Crippen LogP contribution in [0.2, 0.25) is 0 Å². The summed E-state index contributed by atoms with van der Waals surface area (Å²) in [7, 11) is 1.42. The molecular weight excluding hydrogens is 218 g/mol. The van der Waals surface area contributed by atoms with Crippen LogP contribution in [0, 0.1) is 5.41 Å². The van der Waals surface area contributed by atoms with Crippen molar-refractivity contribution >= 4 is 5.97 Å². The summed E-state index contributed by atoms with van der Waals surface area (Å²) in [6.45, 7) is 7.62. The first-order valence-electron chi connectivity index (χ1n) is 6.34. The van der Waals surface area contributed by atoms with Crippen LogP contribution in [0.1, 0.15) is 40.0 Å². The summed E-state index contributed by atoms with van der Waals surface area (Å²) in [6, 6.07) is 0.165. The van der Waals surface area contributed by atoms with E-state index >= 15 is 0 Å². The average Bonchev–Trinajstić information content (AvgIpc) is 3.03. The van der Waals surface area contributed by atoms with E-state index in [9.17, 15) is 4.79 Å². The van der Waals surface area contributed by atoms with E-state index in [2.05, 4.69) is 26.1 Å². The molecule has 4 nitrogen and oxygen atoms in total. The number of rotatable bonds is 7. The molecule has 0 amide bonds. The van der Waals surface area contributed by atoms with Gasteiger partial charge in [0.05, 0.1) is 13.7 Å². The third kappa shape index (κ3) is 6.64. The number of esters is 1. The van der Waals surface area contributed by atoms with Crippen LogP contribution < -0.4 is 5.32 Å². The number of methoxy groups -OCH3 is 1. The number of carbonyl (C=O) groups is 1. The molecule has 0 radical (unpaired) electrons. The van der Waals surface area contributed by atoms with Crippen molar-refractivity contribution in [3.8, 4) is 0 Å². The van der Waals surface area contributed by atoms with Gasteiger partial charge in [0.1, 0.15) is 6.04 Å². The molecule has 1 N–H and O–H groups in total. The highest BCUT2D eigenvalue weighted by atomic mass is 16.5. The minimum atomic E-state index is -0.313. The van der Waals surface area contributed by atoms with Gasteiger partial charge in [-0.05, 0) is 24.7 Å². The molecule has 1 saturated carbocycles. The SMILES string of the molecule is COC(=O)C(COCCC(C)(C)C)NC1CC1. The molecule has 17 heavy (non-hydrogen) atoms. The molecule has 0 spiro atoms. The second-order valence-electron chi connectivity index (χ2n) is 5.90. The molecule has 0 aromatic carbocycles. The van der Waals surface area contributed by atoms with Crippen LogP contribution in [0.3, 0.4) is 0 Å². The van der Waals surface area contributed by atoms with Gasteiger partial charge < -0.3 is 9.47 Å². The maximum atomic E-state index is 11.5. The lowest BCUT2D eigenvalue weighted by Crippen LogP contribution is -2.42. The van der Waals surface area contributed by atoms with E-state index in [1.54, 1.807) is 0 Å². The molecular formula is C13H25NO3. The summed E-state index contributed by atoms with van der Waals surface area (Å²) in [4.78, 5) is 11.5. The quantitative estimate of drug-likeness (QED) is 0.546. The topological polar surface area (TPSA) is 47.6 Å². The van der Waals surface area contributed by atoms with Crippen LogP contribution in [0.15, 0.2) is 0 Å². The summed E-state index contributed by atoms with van der Waals surface area (Å²) >= 11 is 0. The highest BCUT2D eigenvalue weighted by Crippen LogP contribution is 2.20. The second-order valence-corrected chi connectivity index (χ2v) is 5.90. The van der Waals surface area contributed by atoms with Gasteiger partial charge in [0, 0.05) is 12.6 Å². The fraction of sp³-hybridized carbons (Fsp3) is 0.923. The molecule has 0 aliphatic heterocycles. The maximum absolute atomic E-state index is 11.5. The molecule has 1 aliphatic carbocycles. The van der Waals surface area contributed by atoms with E-state index in [-0.39, 0.29) is 17.4 Å². The van der Waals surface area contributed by atoms with Crippen molar-refractivity contribution in [3.05, 3.63) is 0 Å². The third-order valence-corrected chi connectivity index (χ3v) is 2.78. The Kier molecular flexibility index (Phi) is 5.40. The molecule has 0 bridgehead atoms. The number of ether oxygens (including phenoxy) is 2. The Hall–Kier alpha value is -0.610. The van der Waals surface area contributed by atoms with E-state index in [0.29, 0.717) is 19.3 Å². The van der Waals surface area contributed by atoms with E-state index < -0.39 is 0 Å². The van der Waals surface area contributed by atoms with Crippen LogP contribution >= 0.6 is 0 Å². The van der Waals surface area contributed by atoms with Gasteiger partial charge in [-0.25, -0.2) is 0 Å². The van der Waals surface area contributed by atoms with Crippen molar-refractivity contribution < 1.29 is 14.3 Å². The standard InChI is InChI=1S/C13H25NO3/c1-13(2,3)7-8-17-9-11(12(15)16-4)14-10-5-6-10/h10-11,14H,5-9H2,1-4H3. The summed E-state index contributed by atoms with van der Waals surface area (Å²) in [5, 5.41) is 3.24. The molecule has 0 aromatic rings.